The average Bonchev–Trinajstić information content (AvgIpc) is 3.26. The fraction of sp³-hybridized carbons (Fsp3) is 0.292. The van der Waals surface area contributed by atoms with E-state index in [-0.39, 0.29) is 17.7 Å². The highest BCUT2D eigenvalue weighted by Gasteiger charge is 2.35. The van der Waals surface area contributed by atoms with Gasteiger partial charge in [-0.25, -0.2) is 13.6 Å². The van der Waals surface area contributed by atoms with Gasteiger partial charge in [-0.05, 0) is 55.3 Å². The molecule has 0 aliphatic carbocycles. The maximum Gasteiger partial charge on any atom is 0.322 e. The smallest absolute Gasteiger partial charge is 0.322 e. The van der Waals surface area contributed by atoms with Crippen molar-refractivity contribution in [3.05, 3.63) is 77.3 Å². The summed E-state index contributed by atoms with van der Waals surface area (Å²) in [5.41, 5.74) is 2.45. The number of nitrogens with zero attached hydrogens (tertiary/aromatic N) is 3. The van der Waals surface area contributed by atoms with Gasteiger partial charge in [0.05, 0.1) is 11.6 Å². The van der Waals surface area contributed by atoms with E-state index in [1.807, 2.05) is 6.92 Å². The molecule has 166 valence electrons. The first kappa shape index (κ1) is 21.7. The van der Waals surface area contributed by atoms with E-state index in [1.54, 1.807) is 29.2 Å². The molecule has 0 spiro atoms. The summed E-state index contributed by atoms with van der Waals surface area (Å²) in [6, 6.07) is 10.9. The van der Waals surface area contributed by atoms with Crippen LogP contribution < -0.4 is 5.32 Å². The molecular weight excluding hydrogens is 414 g/mol. The lowest BCUT2D eigenvalue weighted by atomic mass is 9.94. The van der Waals surface area contributed by atoms with Crippen LogP contribution >= 0.6 is 0 Å². The summed E-state index contributed by atoms with van der Waals surface area (Å²) in [5.74, 6) is -0.249. The zero-order chi connectivity index (χ0) is 22.7. The fourth-order valence-corrected chi connectivity index (χ4v) is 3.83. The van der Waals surface area contributed by atoms with Gasteiger partial charge in [-0.2, -0.15) is 4.98 Å². The predicted octanol–water partition coefficient (Wildman–Crippen LogP) is 5.70. The molecule has 2 amide bonds. The van der Waals surface area contributed by atoms with Crippen molar-refractivity contribution in [3.63, 3.8) is 0 Å². The van der Waals surface area contributed by atoms with Gasteiger partial charge in [0, 0.05) is 17.8 Å². The van der Waals surface area contributed by atoms with Gasteiger partial charge >= 0.3 is 6.03 Å². The van der Waals surface area contributed by atoms with E-state index >= 15 is 0 Å². The quantitative estimate of drug-likeness (QED) is 0.480. The van der Waals surface area contributed by atoms with Crippen molar-refractivity contribution in [2.24, 2.45) is 0 Å². The molecule has 0 saturated heterocycles. The summed E-state index contributed by atoms with van der Waals surface area (Å²) in [6.45, 7) is 4.47. The Morgan fingerprint density at radius 2 is 1.88 bits per heavy atom. The Bertz CT molecular complexity index is 1140. The number of rotatable bonds is 7. The van der Waals surface area contributed by atoms with Crippen LogP contribution in [0.25, 0.3) is 17.0 Å². The van der Waals surface area contributed by atoms with Crippen LogP contribution in [0.5, 0.6) is 0 Å². The van der Waals surface area contributed by atoms with Crippen LogP contribution in [-0.2, 0) is 0 Å². The normalized spacial score (nSPS) is 16.4. The number of urea groups is 1. The molecular formula is C24H24F2N4O2. The number of benzene rings is 2. The van der Waals surface area contributed by atoms with Gasteiger partial charge in [0.15, 0.2) is 0 Å². The fourth-order valence-electron chi connectivity index (χ4n) is 3.83. The van der Waals surface area contributed by atoms with E-state index < -0.39 is 11.9 Å². The molecule has 0 saturated carbocycles. The molecule has 0 bridgehead atoms. The lowest BCUT2D eigenvalue weighted by Gasteiger charge is -2.35. The monoisotopic (exact) mass is 438 g/mol. The largest absolute Gasteiger partial charge is 0.334 e. The molecule has 3 aromatic rings. The molecule has 1 unspecified atom stereocenters. The van der Waals surface area contributed by atoms with Crippen LogP contribution in [0.1, 0.15) is 50.6 Å². The van der Waals surface area contributed by atoms with Crippen molar-refractivity contribution in [2.45, 2.75) is 39.2 Å². The molecule has 0 fully saturated rings. The first-order valence-electron chi connectivity index (χ1n) is 10.6. The molecule has 0 radical (unpaired) electrons. The Balaban J connectivity index is 1.77. The molecule has 32 heavy (non-hydrogen) atoms. The van der Waals surface area contributed by atoms with Crippen molar-refractivity contribution in [1.29, 1.82) is 0 Å². The first-order chi connectivity index (χ1) is 15.5. The van der Waals surface area contributed by atoms with E-state index in [0.717, 1.165) is 19.3 Å². The van der Waals surface area contributed by atoms with Crippen molar-refractivity contribution in [1.82, 2.24) is 20.4 Å². The van der Waals surface area contributed by atoms with Crippen LogP contribution in [-0.4, -0.2) is 27.6 Å². The van der Waals surface area contributed by atoms with Gasteiger partial charge in [-0.15, -0.1) is 0 Å². The third-order valence-electron chi connectivity index (χ3n) is 5.52. The Labute approximate surface area is 184 Å². The minimum atomic E-state index is -0.651. The Kier molecular flexibility index (Phi) is 6.30. The minimum Gasteiger partial charge on any atom is -0.334 e. The predicted molar refractivity (Wildman–Crippen MR) is 116 cm³/mol. The second kappa shape index (κ2) is 9.30. The topological polar surface area (TPSA) is 71.3 Å². The number of carbonyl (C=O) groups is 1. The summed E-state index contributed by atoms with van der Waals surface area (Å²) in [4.78, 5) is 19.1. The molecule has 2 aromatic carbocycles. The van der Waals surface area contributed by atoms with Crippen LogP contribution in [0.15, 0.2) is 58.8 Å². The third-order valence-corrected chi connectivity index (χ3v) is 5.52. The molecule has 1 atom stereocenters. The van der Waals surface area contributed by atoms with E-state index in [9.17, 15) is 13.6 Å². The molecule has 4 rings (SSSR count). The highest BCUT2D eigenvalue weighted by molar-refractivity contribution is 5.86. The number of nitrogens with one attached hydrogen (secondary N) is 1. The number of halogens is 2. The number of unbranched alkanes of at least 4 members (excludes halogenated alkanes) is 2. The highest BCUT2D eigenvalue weighted by atomic mass is 19.1. The van der Waals surface area contributed by atoms with Crippen molar-refractivity contribution >= 4 is 11.6 Å². The van der Waals surface area contributed by atoms with Gasteiger partial charge in [-0.1, -0.05) is 37.1 Å². The number of hydrogen-bond acceptors (Lipinski definition) is 4. The lowest BCUT2D eigenvalue weighted by molar-refractivity contribution is 0.204. The molecule has 1 aliphatic heterocycles. The maximum atomic E-state index is 14.0. The SMILES string of the molecule is CCCCCN1C(=O)NC(c2cccc(F)c2)C(c2nc(-c3ccc(F)cc3)no2)=C1C. The van der Waals surface area contributed by atoms with Crippen LogP contribution in [0, 0.1) is 11.6 Å². The number of carbonyl (C=O) groups excluding carboxylic acids is 1. The number of allylic oxidation sites excluding steroid dienone is 1. The van der Waals surface area contributed by atoms with Crippen LogP contribution in [0.4, 0.5) is 13.6 Å². The average molecular weight is 438 g/mol. The molecule has 1 aliphatic rings. The molecule has 8 heteroatoms. The highest BCUT2D eigenvalue weighted by Crippen LogP contribution is 2.37. The summed E-state index contributed by atoms with van der Waals surface area (Å²) in [6.07, 6.45) is 2.88. The molecule has 6 nitrogen and oxygen atoms in total. The Morgan fingerprint density at radius 1 is 1.09 bits per heavy atom. The number of amides is 2. The molecule has 2 heterocycles. The zero-order valence-corrected chi connectivity index (χ0v) is 17.9. The van der Waals surface area contributed by atoms with E-state index in [4.69, 9.17) is 4.52 Å². The maximum absolute atomic E-state index is 14.0. The lowest BCUT2D eigenvalue weighted by Crippen LogP contribution is -2.46. The van der Waals surface area contributed by atoms with Gasteiger partial charge in [0.25, 0.3) is 5.89 Å². The number of hydrogen-bond donors (Lipinski definition) is 1. The van der Waals surface area contributed by atoms with Crippen LogP contribution in [0.3, 0.4) is 0 Å². The summed E-state index contributed by atoms with van der Waals surface area (Å²) < 4.78 is 32.8. The van der Waals surface area contributed by atoms with Crippen LogP contribution in [0.2, 0.25) is 0 Å². The molecule has 1 N–H and O–H groups in total. The van der Waals surface area contributed by atoms with Crippen molar-refractivity contribution in [2.75, 3.05) is 6.54 Å². The van der Waals surface area contributed by atoms with Gasteiger partial charge in [-0.3, -0.25) is 4.90 Å². The Hall–Kier alpha value is -3.55. The van der Waals surface area contributed by atoms with Gasteiger partial charge < -0.3 is 9.84 Å². The van der Waals surface area contributed by atoms with Gasteiger partial charge in [0.2, 0.25) is 5.82 Å². The van der Waals surface area contributed by atoms with E-state index in [1.165, 1.54) is 24.3 Å². The summed E-state index contributed by atoms with van der Waals surface area (Å²) in [5, 5.41) is 7.00. The summed E-state index contributed by atoms with van der Waals surface area (Å²) in [7, 11) is 0. The number of aromatic nitrogens is 2. The standard InChI is InChI=1S/C24H24F2N4O2/c1-3-4-5-13-30-15(2)20(21(27-24(30)31)17-7-6-8-19(26)14-17)23-28-22(29-32-23)16-9-11-18(25)12-10-16/h6-12,14,21H,3-5,13H2,1-2H3,(H,27,31). The van der Waals surface area contributed by atoms with E-state index in [2.05, 4.69) is 22.4 Å². The third kappa shape index (κ3) is 4.39. The zero-order valence-electron chi connectivity index (χ0n) is 17.9. The summed E-state index contributed by atoms with van der Waals surface area (Å²) >= 11 is 0. The molecule has 1 aromatic heterocycles. The van der Waals surface area contributed by atoms with Crippen molar-refractivity contribution in [3.8, 4) is 11.4 Å². The minimum absolute atomic E-state index is 0.219. The van der Waals surface area contributed by atoms with Crippen molar-refractivity contribution < 1.29 is 18.1 Å². The van der Waals surface area contributed by atoms with E-state index in [0.29, 0.717) is 34.8 Å². The first-order valence-corrected chi connectivity index (χ1v) is 10.6. The van der Waals surface area contributed by atoms with Gasteiger partial charge in [0.1, 0.15) is 11.6 Å². The second-order valence-electron chi connectivity index (χ2n) is 7.73. The Morgan fingerprint density at radius 3 is 2.59 bits per heavy atom. The second-order valence-corrected chi connectivity index (χ2v) is 7.73.